The maximum Gasteiger partial charge on any atom is 0.234 e. The van der Waals surface area contributed by atoms with E-state index in [-0.39, 0.29) is 11.9 Å². The summed E-state index contributed by atoms with van der Waals surface area (Å²) in [6.07, 6.45) is 3.74. The summed E-state index contributed by atoms with van der Waals surface area (Å²) in [6.45, 7) is 8.24. The van der Waals surface area contributed by atoms with Crippen LogP contribution in [0.1, 0.15) is 24.1 Å². The molecule has 5 nitrogen and oxygen atoms in total. The summed E-state index contributed by atoms with van der Waals surface area (Å²) in [5.41, 5.74) is 3.58. The predicted molar refractivity (Wildman–Crippen MR) is 101 cm³/mol. The van der Waals surface area contributed by atoms with Crippen molar-refractivity contribution in [2.45, 2.75) is 19.9 Å². The molecule has 1 aliphatic rings. The molecular formula is C20H26N4O. The first-order valence-electron chi connectivity index (χ1n) is 8.85. The van der Waals surface area contributed by atoms with E-state index in [1.54, 1.807) is 0 Å². The normalized spacial score (nSPS) is 16.5. The van der Waals surface area contributed by atoms with Crippen LogP contribution in [0, 0.1) is 6.92 Å². The number of amides is 1. The van der Waals surface area contributed by atoms with Gasteiger partial charge in [0, 0.05) is 44.3 Å². The van der Waals surface area contributed by atoms with Crippen molar-refractivity contribution < 1.29 is 4.79 Å². The monoisotopic (exact) mass is 338 g/mol. The van der Waals surface area contributed by atoms with Crippen LogP contribution >= 0.6 is 0 Å². The van der Waals surface area contributed by atoms with Gasteiger partial charge in [0.05, 0.1) is 12.6 Å². The van der Waals surface area contributed by atoms with Gasteiger partial charge in [-0.15, -0.1) is 0 Å². The van der Waals surface area contributed by atoms with Crippen LogP contribution in [-0.4, -0.2) is 48.5 Å². The standard InChI is InChI=1S/C20H26N4O/c1-16-14-21-9-8-19(16)24-12-10-23(11-13-24)15-20(25)22-17(2)18-6-4-3-5-7-18/h3-9,14,17H,10-13,15H2,1-2H3,(H,22,25). The Morgan fingerprint density at radius 3 is 2.56 bits per heavy atom. The van der Waals surface area contributed by atoms with Crippen molar-refractivity contribution in [1.82, 2.24) is 15.2 Å². The average molecular weight is 338 g/mol. The van der Waals surface area contributed by atoms with E-state index in [1.807, 2.05) is 49.6 Å². The van der Waals surface area contributed by atoms with Crippen LogP contribution in [0.25, 0.3) is 0 Å². The highest BCUT2D eigenvalue weighted by atomic mass is 16.2. The SMILES string of the molecule is Cc1cnccc1N1CCN(CC(=O)NC(C)c2ccccc2)CC1. The van der Waals surface area contributed by atoms with E-state index in [1.165, 1.54) is 11.3 Å². The second-order valence-corrected chi connectivity index (χ2v) is 6.63. The summed E-state index contributed by atoms with van der Waals surface area (Å²) in [7, 11) is 0. The van der Waals surface area contributed by atoms with Gasteiger partial charge in [0.2, 0.25) is 5.91 Å². The van der Waals surface area contributed by atoms with Crippen molar-refractivity contribution in [2.24, 2.45) is 0 Å². The third kappa shape index (κ3) is 4.57. The van der Waals surface area contributed by atoms with E-state index in [0.29, 0.717) is 6.54 Å². The third-order valence-corrected chi connectivity index (χ3v) is 4.75. The molecule has 0 radical (unpaired) electrons. The fourth-order valence-electron chi connectivity index (χ4n) is 3.28. The minimum Gasteiger partial charge on any atom is -0.369 e. The zero-order chi connectivity index (χ0) is 17.6. The van der Waals surface area contributed by atoms with Crippen LogP contribution in [0.2, 0.25) is 0 Å². The van der Waals surface area contributed by atoms with Crippen LogP contribution < -0.4 is 10.2 Å². The van der Waals surface area contributed by atoms with Crippen molar-refractivity contribution in [3.8, 4) is 0 Å². The third-order valence-electron chi connectivity index (χ3n) is 4.75. The Kier molecular flexibility index (Phi) is 5.66. The highest BCUT2D eigenvalue weighted by Gasteiger charge is 2.20. The Morgan fingerprint density at radius 1 is 1.16 bits per heavy atom. The van der Waals surface area contributed by atoms with Gasteiger partial charge in [0.25, 0.3) is 0 Å². The zero-order valence-corrected chi connectivity index (χ0v) is 15.0. The number of pyridine rings is 1. The number of carbonyl (C=O) groups is 1. The van der Waals surface area contributed by atoms with Crippen molar-refractivity contribution in [3.63, 3.8) is 0 Å². The predicted octanol–water partition coefficient (Wildman–Crippen LogP) is 2.39. The molecule has 1 aromatic carbocycles. The van der Waals surface area contributed by atoms with E-state index in [9.17, 15) is 4.79 Å². The second-order valence-electron chi connectivity index (χ2n) is 6.63. The van der Waals surface area contributed by atoms with Gasteiger partial charge >= 0.3 is 0 Å². The van der Waals surface area contributed by atoms with E-state index in [0.717, 1.165) is 31.7 Å². The Labute approximate surface area is 149 Å². The molecule has 1 N–H and O–H groups in total. The molecule has 1 amide bonds. The summed E-state index contributed by atoms with van der Waals surface area (Å²) in [4.78, 5) is 21.1. The van der Waals surface area contributed by atoms with E-state index in [4.69, 9.17) is 0 Å². The van der Waals surface area contributed by atoms with Crippen molar-refractivity contribution in [3.05, 3.63) is 59.9 Å². The Morgan fingerprint density at radius 2 is 1.88 bits per heavy atom. The fraction of sp³-hybridized carbons (Fsp3) is 0.400. The minimum absolute atomic E-state index is 0.0365. The minimum atomic E-state index is 0.0365. The topological polar surface area (TPSA) is 48.5 Å². The van der Waals surface area contributed by atoms with Gasteiger partial charge in [0.1, 0.15) is 0 Å². The molecule has 1 aliphatic heterocycles. The van der Waals surface area contributed by atoms with Gasteiger partial charge in [0.15, 0.2) is 0 Å². The highest BCUT2D eigenvalue weighted by molar-refractivity contribution is 5.78. The lowest BCUT2D eigenvalue weighted by Crippen LogP contribution is -2.49. The van der Waals surface area contributed by atoms with Gasteiger partial charge in [-0.25, -0.2) is 0 Å². The molecule has 2 aromatic rings. The number of aryl methyl sites for hydroxylation is 1. The lowest BCUT2D eigenvalue weighted by atomic mass is 10.1. The molecule has 5 heteroatoms. The number of rotatable bonds is 5. The quantitative estimate of drug-likeness (QED) is 0.909. The van der Waals surface area contributed by atoms with Crippen LogP contribution in [0.15, 0.2) is 48.8 Å². The number of nitrogens with one attached hydrogen (secondary N) is 1. The van der Waals surface area contributed by atoms with Crippen molar-refractivity contribution >= 4 is 11.6 Å². The van der Waals surface area contributed by atoms with Crippen LogP contribution in [0.3, 0.4) is 0 Å². The first kappa shape index (κ1) is 17.4. The molecule has 2 heterocycles. The summed E-state index contributed by atoms with van der Waals surface area (Å²) < 4.78 is 0. The number of anilines is 1. The molecule has 3 rings (SSSR count). The number of hydrogen-bond donors (Lipinski definition) is 1. The molecule has 1 saturated heterocycles. The molecule has 0 saturated carbocycles. The lowest BCUT2D eigenvalue weighted by Gasteiger charge is -2.36. The van der Waals surface area contributed by atoms with Gasteiger partial charge < -0.3 is 10.2 Å². The molecule has 25 heavy (non-hydrogen) atoms. The Hall–Kier alpha value is -2.40. The van der Waals surface area contributed by atoms with Gasteiger partial charge in [-0.05, 0) is 31.0 Å². The first-order chi connectivity index (χ1) is 12.1. The summed E-state index contributed by atoms with van der Waals surface area (Å²) in [5.74, 6) is 0.0879. The molecular weight excluding hydrogens is 312 g/mol. The number of nitrogens with zero attached hydrogens (tertiary/aromatic N) is 3. The molecule has 1 aromatic heterocycles. The van der Waals surface area contributed by atoms with Crippen LogP contribution in [-0.2, 0) is 4.79 Å². The zero-order valence-electron chi connectivity index (χ0n) is 15.0. The van der Waals surface area contributed by atoms with Gasteiger partial charge in [-0.1, -0.05) is 30.3 Å². The van der Waals surface area contributed by atoms with Crippen LogP contribution in [0.5, 0.6) is 0 Å². The molecule has 0 aliphatic carbocycles. The Bertz CT molecular complexity index is 696. The van der Waals surface area contributed by atoms with Crippen molar-refractivity contribution in [1.29, 1.82) is 0 Å². The number of aromatic nitrogens is 1. The summed E-state index contributed by atoms with van der Waals surface area (Å²) in [6, 6.07) is 12.2. The molecule has 0 spiro atoms. The Balaban J connectivity index is 1.47. The molecule has 0 bridgehead atoms. The fourth-order valence-corrected chi connectivity index (χ4v) is 3.28. The second kappa shape index (κ2) is 8.12. The molecule has 1 atom stereocenters. The van der Waals surface area contributed by atoms with Crippen LogP contribution in [0.4, 0.5) is 5.69 Å². The lowest BCUT2D eigenvalue weighted by molar-refractivity contribution is -0.123. The van der Waals surface area contributed by atoms with Gasteiger partial charge in [-0.3, -0.25) is 14.7 Å². The summed E-state index contributed by atoms with van der Waals surface area (Å²) >= 11 is 0. The smallest absolute Gasteiger partial charge is 0.234 e. The average Bonchev–Trinajstić information content (AvgIpc) is 2.63. The van der Waals surface area contributed by atoms with E-state index in [2.05, 4.69) is 33.1 Å². The highest BCUT2D eigenvalue weighted by Crippen LogP contribution is 2.19. The number of carbonyl (C=O) groups excluding carboxylic acids is 1. The largest absolute Gasteiger partial charge is 0.369 e. The number of benzene rings is 1. The van der Waals surface area contributed by atoms with Crippen molar-refractivity contribution in [2.75, 3.05) is 37.6 Å². The number of piperazine rings is 1. The molecule has 1 unspecified atom stereocenters. The van der Waals surface area contributed by atoms with E-state index >= 15 is 0 Å². The maximum absolute atomic E-state index is 12.3. The van der Waals surface area contributed by atoms with E-state index < -0.39 is 0 Å². The maximum atomic E-state index is 12.3. The number of hydrogen-bond acceptors (Lipinski definition) is 4. The molecule has 132 valence electrons. The summed E-state index contributed by atoms with van der Waals surface area (Å²) in [5, 5.41) is 3.09. The van der Waals surface area contributed by atoms with Gasteiger partial charge in [-0.2, -0.15) is 0 Å². The molecule has 1 fully saturated rings. The first-order valence-corrected chi connectivity index (χ1v) is 8.85.